The maximum Gasteiger partial charge on any atom is 0.237 e. The second kappa shape index (κ2) is 9.45. The van der Waals surface area contributed by atoms with Crippen molar-refractivity contribution in [1.29, 1.82) is 0 Å². The summed E-state index contributed by atoms with van der Waals surface area (Å²) < 4.78 is 11.3. The van der Waals surface area contributed by atoms with E-state index >= 15 is 0 Å². The van der Waals surface area contributed by atoms with E-state index in [-0.39, 0.29) is 17.9 Å². The zero-order valence-corrected chi connectivity index (χ0v) is 14.5. The largest absolute Gasteiger partial charge is 0.490 e. The van der Waals surface area contributed by atoms with Crippen molar-refractivity contribution in [2.45, 2.75) is 38.8 Å². The third-order valence-corrected chi connectivity index (χ3v) is 4.09. The van der Waals surface area contributed by atoms with Crippen LogP contribution in [0.2, 0.25) is 0 Å². The fraction of sp³-hybridized carbons (Fsp3) is 0.526. The van der Waals surface area contributed by atoms with Gasteiger partial charge < -0.3 is 20.5 Å². The molecule has 2 atom stereocenters. The van der Waals surface area contributed by atoms with Gasteiger partial charge in [-0.3, -0.25) is 4.79 Å². The number of hydrogen-bond donors (Lipinski definition) is 2. The zero-order chi connectivity index (χ0) is 17.4. The molecule has 2 aliphatic rings. The Morgan fingerprint density at radius 3 is 2.67 bits per heavy atom. The van der Waals surface area contributed by atoms with Gasteiger partial charge in [-0.2, -0.15) is 0 Å². The van der Waals surface area contributed by atoms with Crippen LogP contribution in [0.15, 0.2) is 36.4 Å². The number of carbonyl (C=O) groups excluding carboxylic acids is 1. The number of ether oxygens (including phenoxy) is 2. The van der Waals surface area contributed by atoms with E-state index in [1.165, 1.54) is 0 Å². The molecular weight excluding hydrogens is 304 g/mol. The molecule has 0 saturated carbocycles. The summed E-state index contributed by atoms with van der Waals surface area (Å²) in [5.41, 5.74) is 7.08. The summed E-state index contributed by atoms with van der Waals surface area (Å²) in [6.45, 7) is 5.79. The lowest BCUT2D eigenvalue weighted by Gasteiger charge is -2.24. The summed E-state index contributed by atoms with van der Waals surface area (Å²) in [5, 5.41) is 3.02. The Balaban J connectivity index is 2.08. The molecule has 0 spiro atoms. The van der Waals surface area contributed by atoms with Crippen LogP contribution in [-0.4, -0.2) is 37.8 Å². The molecule has 2 heterocycles. The molecule has 0 fully saturated rings. The summed E-state index contributed by atoms with van der Waals surface area (Å²) in [4.78, 5) is 12.4. The van der Waals surface area contributed by atoms with Gasteiger partial charge in [-0.05, 0) is 36.5 Å². The average molecular weight is 332 g/mol. The number of fused-ring (bicyclic) bond motifs is 13. The van der Waals surface area contributed by atoms with Gasteiger partial charge in [0.2, 0.25) is 5.91 Å². The smallest absolute Gasteiger partial charge is 0.237 e. The molecule has 2 bridgehead atoms. The van der Waals surface area contributed by atoms with E-state index < -0.39 is 6.04 Å². The van der Waals surface area contributed by atoms with Gasteiger partial charge in [0, 0.05) is 0 Å². The molecule has 132 valence electrons. The predicted molar refractivity (Wildman–Crippen MR) is 95.0 cm³/mol. The second-order valence-electron chi connectivity index (χ2n) is 6.46. The number of rotatable bonds is 1. The molecule has 3 rings (SSSR count). The van der Waals surface area contributed by atoms with Crippen molar-refractivity contribution in [1.82, 2.24) is 5.32 Å². The second-order valence-corrected chi connectivity index (χ2v) is 6.46. The summed E-state index contributed by atoms with van der Waals surface area (Å²) >= 11 is 0. The highest BCUT2D eigenvalue weighted by atomic mass is 16.5. The number of carbonyl (C=O) groups is 1. The molecule has 1 unspecified atom stereocenters. The number of benzene rings is 1. The molecule has 0 aromatic heterocycles. The number of hydrogen-bond acceptors (Lipinski definition) is 4. The first-order valence-electron chi connectivity index (χ1n) is 8.56. The normalized spacial score (nSPS) is 24.9. The number of amides is 1. The fourth-order valence-electron chi connectivity index (χ4n) is 2.45. The Morgan fingerprint density at radius 1 is 1.21 bits per heavy atom. The third kappa shape index (κ3) is 5.98. The first kappa shape index (κ1) is 18.5. The van der Waals surface area contributed by atoms with Crippen LogP contribution in [0.25, 0.3) is 0 Å². The molecule has 5 heteroatoms. The Hall–Kier alpha value is -1.85. The molecule has 2 aliphatic heterocycles. The van der Waals surface area contributed by atoms with Crippen molar-refractivity contribution in [3.05, 3.63) is 42.0 Å². The third-order valence-electron chi connectivity index (χ3n) is 4.09. The van der Waals surface area contributed by atoms with Crippen molar-refractivity contribution >= 4 is 5.91 Å². The number of nitrogens with two attached hydrogens (primary N) is 1. The fourth-order valence-corrected chi connectivity index (χ4v) is 2.45. The number of nitrogens with one attached hydrogen (secondary N) is 1. The topological polar surface area (TPSA) is 73.6 Å². The van der Waals surface area contributed by atoms with Crippen LogP contribution < -0.4 is 15.8 Å². The zero-order valence-electron chi connectivity index (χ0n) is 14.5. The van der Waals surface area contributed by atoms with E-state index in [0.717, 1.165) is 17.7 Å². The van der Waals surface area contributed by atoms with Crippen molar-refractivity contribution in [2.24, 2.45) is 11.7 Å². The highest BCUT2D eigenvalue weighted by molar-refractivity contribution is 5.82. The molecule has 0 saturated heterocycles. The van der Waals surface area contributed by atoms with E-state index in [0.29, 0.717) is 26.2 Å². The van der Waals surface area contributed by atoms with Crippen LogP contribution in [0.1, 0.15) is 25.8 Å². The standard InChI is InChI=1S/C19H28N2O3/c1-14(2)18-13-23-10-4-3-5-11-24-16-8-6-15(7-9-16)12-17(20)19(22)21-18/h3,5-9,14,17-18H,4,10-13,20H2,1-2H3,(H,21,22)/b5-3+/t17-,18?/m1/s1. The Kier molecular flexibility index (Phi) is 7.28. The van der Waals surface area contributed by atoms with E-state index in [9.17, 15) is 4.79 Å². The van der Waals surface area contributed by atoms with E-state index in [1.54, 1.807) is 0 Å². The predicted octanol–water partition coefficient (Wildman–Crippen LogP) is 2.05. The maximum atomic E-state index is 12.4. The van der Waals surface area contributed by atoms with E-state index in [2.05, 4.69) is 19.2 Å². The molecule has 1 aromatic rings. The van der Waals surface area contributed by atoms with Gasteiger partial charge in [0.05, 0.1) is 25.3 Å². The molecule has 0 radical (unpaired) electrons. The SMILES string of the molecule is CC(C)C1COCC/C=C/COc2ccc(cc2)C[C@@H](N)C(=O)N1. The molecule has 1 aromatic carbocycles. The van der Waals surface area contributed by atoms with Gasteiger partial charge in [0.1, 0.15) is 12.4 Å². The minimum absolute atomic E-state index is 0.0334. The van der Waals surface area contributed by atoms with Gasteiger partial charge in [0.15, 0.2) is 0 Å². The maximum absolute atomic E-state index is 12.4. The quantitative estimate of drug-likeness (QED) is 0.772. The lowest BCUT2D eigenvalue weighted by Crippen LogP contribution is -2.49. The molecule has 1 amide bonds. The van der Waals surface area contributed by atoms with Crippen molar-refractivity contribution in [3.63, 3.8) is 0 Å². The molecule has 24 heavy (non-hydrogen) atoms. The average Bonchev–Trinajstić information content (AvgIpc) is 2.56. The van der Waals surface area contributed by atoms with E-state index in [1.807, 2.05) is 36.4 Å². The minimum atomic E-state index is -0.574. The van der Waals surface area contributed by atoms with Crippen LogP contribution in [0, 0.1) is 5.92 Å². The highest BCUT2D eigenvalue weighted by Gasteiger charge is 2.21. The van der Waals surface area contributed by atoms with Crippen molar-refractivity contribution in [3.8, 4) is 5.75 Å². The lowest BCUT2D eigenvalue weighted by atomic mass is 10.0. The van der Waals surface area contributed by atoms with Gasteiger partial charge >= 0.3 is 0 Å². The molecule has 3 N–H and O–H groups in total. The van der Waals surface area contributed by atoms with Crippen molar-refractivity contribution in [2.75, 3.05) is 19.8 Å². The molecular formula is C19H28N2O3. The van der Waals surface area contributed by atoms with Crippen LogP contribution in [0.5, 0.6) is 5.75 Å². The van der Waals surface area contributed by atoms with Crippen LogP contribution in [0.4, 0.5) is 0 Å². The monoisotopic (exact) mass is 332 g/mol. The minimum Gasteiger partial charge on any atom is -0.490 e. The Bertz CT molecular complexity index is 540. The van der Waals surface area contributed by atoms with Gasteiger partial charge in [-0.1, -0.05) is 38.1 Å². The van der Waals surface area contributed by atoms with Crippen LogP contribution in [0.3, 0.4) is 0 Å². The van der Waals surface area contributed by atoms with Crippen LogP contribution in [-0.2, 0) is 16.0 Å². The van der Waals surface area contributed by atoms with Crippen LogP contribution >= 0.6 is 0 Å². The highest BCUT2D eigenvalue weighted by Crippen LogP contribution is 2.14. The Morgan fingerprint density at radius 2 is 1.96 bits per heavy atom. The summed E-state index contributed by atoms with van der Waals surface area (Å²) in [5.74, 6) is 0.954. The summed E-state index contributed by atoms with van der Waals surface area (Å²) in [7, 11) is 0. The first-order chi connectivity index (χ1) is 11.6. The summed E-state index contributed by atoms with van der Waals surface area (Å²) in [6, 6.07) is 7.11. The van der Waals surface area contributed by atoms with Gasteiger partial charge in [-0.25, -0.2) is 0 Å². The Labute approximate surface area is 144 Å². The lowest BCUT2D eigenvalue weighted by molar-refractivity contribution is -0.123. The molecule has 0 aliphatic carbocycles. The van der Waals surface area contributed by atoms with Gasteiger partial charge in [0.25, 0.3) is 0 Å². The molecule has 5 nitrogen and oxygen atoms in total. The van der Waals surface area contributed by atoms with Crippen molar-refractivity contribution < 1.29 is 14.3 Å². The first-order valence-corrected chi connectivity index (χ1v) is 8.56. The summed E-state index contributed by atoms with van der Waals surface area (Å²) in [6.07, 6.45) is 5.36. The van der Waals surface area contributed by atoms with Gasteiger partial charge in [-0.15, -0.1) is 0 Å². The van der Waals surface area contributed by atoms with E-state index in [4.69, 9.17) is 15.2 Å².